The van der Waals surface area contributed by atoms with Gasteiger partial charge in [-0.05, 0) is 153 Å². The number of methoxy groups -OCH3 is 1. The van der Waals surface area contributed by atoms with E-state index < -0.39 is 0 Å². The minimum absolute atomic E-state index is 0.121. The highest BCUT2D eigenvalue weighted by molar-refractivity contribution is 5.02. The van der Waals surface area contributed by atoms with Gasteiger partial charge in [0.05, 0.1) is 5.60 Å². The fraction of sp³-hybridized carbons (Fsp3) is 1.00. The van der Waals surface area contributed by atoms with Crippen LogP contribution in [0.15, 0.2) is 0 Å². The lowest BCUT2D eigenvalue weighted by Crippen LogP contribution is -2.57. The summed E-state index contributed by atoms with van der Waals surface area (Å²) in [5, 5.41) is 0. The zero-order valence-corrected chi connectivity index (χ0v) is 28.8. The summed E-state index contributed by atoms with van der Waals surface area (Å²) in [7, 11) is 1.92. The van der Waals surface area contributed by atoms with E-state index in [0.717, 1.165) is 47.7 Å². The first kappa shape index (κ1) is 33.7. The van der Waals surface area contributed by atoms with Crippen LogP contribution in [0.3, 0.4) is 0 Å². The van der Waals surface area contributed by atoms with E-state index in [1.807, 2.05) is 7.11 Å². The van der Waals surface area contributed by atoms with Crippen LogP contribution < -0.4 is 0 Å². The smallest absolute Gasteiger partial charge is 0.0829 e. The first-order valence-corrected chi connectivity index (χ1v) is 18.1. The molecule has 4 aliphatic heterocycles. The van der Waals surface area contributed by atoms with Crippen LogP contribution in [0.2, 0.25) is 0 Å². The average Bonchev–Trinajstić information content (AvgIpc) is 2.97. The molecule has 5 fully saturated rings. The molecule has 0 radical (unpaired) electrons. The van der Waals surface area contributed by atoms with Crippen molar-refractivity contribution in [3.63, 3.8) is 0 Å². The Balaban J connectivity index is 0.000000189. The zero-order chi connectivity index (χ0) is 29.6. The summed E-state index contributed by atoms with van der Waals surface area (Å²) in [4.78, 5) is 10.7. The standard InChI is InChI=1S/C19H36N2.C17H34N2O/c1-15(2)17-5-9-21(10-6-17)18-13-19(14-18)7-11-20(12-8-19)16(3)4;1-5-18-12-8-17(20-4,9-13-18)14-19-10-6-16(7-11-19)15(2)3/h15-18H,5-14H2,1-4H3;15-16H,5-14H2,1-4H3. The van der Waals surface area contributed by atoms with Crippen LogP contribution in [-0.4, -0.2) is 110 Å². The molecule has 5 rings (SSSR count). The van der Waals surface area contributed by atoms with Gasteiger partial charge in [-0.1, -0.05) is 34.6 Å². The second-order valence-corrected chi connectivity index (χ2v) is 16.0. The minimum Gasteiger partial charge on any atom is -0.377 e. The maximum absolute atomic E-state index is 5.98. The second-order valence-electron chi connectivity index (χ2n) is 16.0. The summed E-state index contributed by atoms with van der Waals surface area (Å²) in [5.74, 6) is 3.66. The summed E-state index contributed by atoms with van der Waals surface area (Å²) >= 11 is 0. The number of likely N-dealkylation sites (tertiary alicyclic amines) is 4. The highest BCUT2D eigenvalue weighted by Gasteiger charge is 2.48. The molecule has 41 heavy (non-hydrogen) atoms. The van der Waals surface area contributed by atoms with E-state index >= 15 is 0 Å². The molecule has 0 N–H and O–H groups in total. The second kappa shape index (κ2) is 15.2. The maximum atomic E-state index is 5.98. The van der Waals surface area contributed by atoms with E-state index in [2.05, 4.69) is 68.1 Å². The van der Waals surface area contributed by atoms with E-state index in [0.29, 0.717) is 0 Å². The number of nitrogens with zero attached hydrogens (tertiary/aromatic N) is 4. The van der Waals surface area contributed by atoms with Gasteiger partial charge in [-0.25, -0.2) is 0 Å². The van der Waals surface area contributed by atoms with Crippen LogP contribution in [0.1, 0.15) is 113 Å². The molecule has 0 aromatic carbocycles. The number of ether oxygens (including phenoxy) is 1. The van der Waals surface area contributed by atoms with Gasteiger partial charge in [0.25, 0.3) is 0 Å². The summed E-state index contributed by atoms with van der Waals surface area (Å²) in [5.41, 5.74) is 0.862. The molecule has 4 heterocycles. The van der Waals surface area contributed by atoms with Crippen molar-refractivity contribution in [1.29, 1.82) is 0 Å². The molecule has 5 aliphatic rings. The van der Waals surface area contributed by atoms with Gasteiger partial charge in [-0.3, -0.25) is 0 Å². The van der Waals surface area contributed by atoms with E-state index in [1.165, 1.54) is 123 Å². The van der Waals surface area contributed by atoms with Crippen LogP contribution in [-0.2, 0) is 4.74 Å². The number of hydrogen-bond donors (Lipinski definition) is 0. The van der Waals surface area contributed by atoms with Crippen molar-refractivity contribution in [2.24, 2.45) is 29.1 Å². The summed E-state index contributed by atoms with van der Waals surface area (Å²) < 4.78 is 5.98. The molecule has 1 saturated carbocycles. The quantitative estimate of drug-likeness (QED) is 0.315. The van der Waals surface area contributed by atoms with Gasteiger partial charge in [0.1, 0.15) is 0 Å². The Morgan fingerprint density at radius 1 is 0.659 bits per heavy atom. The van der Waals surface area contributed by atoms with Crippen molar-refractivity contribution in [3.8, 4) is 0 Å². The lowest BCUT2D eigenvalue weighted by atomic mass is 9.59. The fourth-order valence-corrected chi connectivity index (χ4v) is 8.96. The third-order valence-corrected chi connectivity index (χ3v) is 12.7. The Kier molecular flexibility index (Phi) is 12.5. The predicted octanol–water partition coefficient (Wildman–Crippen LogP) is 6.86. The first-order chi connectivity index (χ1) is 19.6. The Hall–Kier alpha value is -0.200. The third-order valence-electron chi connectivity index (χ3n) is 12.7. The Bertz CT molecular complexity index is 729. The van der Waals surface area contributed by atoms with Crippen molar-refractivity contribution in [2.45, 2.75) is 130 Å². The van der Waals surface area contributed by atoms with Crippen LogP contribution in [0.5, 0.6) is 0 Å². The van der Waals surface area contributed by atoms with E-state index in [4.69, 9.17) is 4.74 Å². The van der Waals surface area contributed by atoms with E-state index in [-0.39, 0.29) is 5.60 Å². The number of hydrogen-bond acceptors (Lipinski definition) is 5. The molecule has 4 saturated heterocycles. The van der Waals surface area contributed by atoms with Gasteiger partial charge in [0, 0.05) is 38.8 Å². The van der Waals surface area contributed by atoms with Crippen molar-refractivity contribution in [1.82, 2.24) is 19.6 Å². The number of rotatable bonds is 8. The number of piperidine rings is 4. The third kappa shape index (κ3) is 8.93. The largest absolute Gasteiger partial charge is 0.377 e. The molecular formula is C36H70N4O. The van der Waals surface area contributed by atoms with Crippen molar-refractivity contribution >= 4 is 0 Å². The molecule has 0 amide bonds. The Labute approximate surface area is 256 Å². The summed E-state index contributed by atoms with van der Waals surface area (Å²) in [6.07, 6.45) is 14.0. The lowest BCUT2D eigenvalue weighted by molar-refractivity contribution is -0.0801. The molecule has 240 valence electrons. The van der Waals surface area contributed by atoms with Gasteiger partial charge in [0.15, 0.2) is 0 Å². The molecular weight excluding hydrogens is 504 g/mol. The molecule has 1 aliphatic carbocycles. The fourth-order valence-electron chi connectivity index (χ4n) is 8.96. The average molecular weight is 575 g/mol. The van der Waals surface area contributed by atoms with Crippen LogP contribution in [0, 0.1) is 29.1 Å². The molecule has 0 aromatic rings. The molecule has 0 aromatic heterocycles. The highest BCUT2D eigenvalue weighted by atomic mass is 16.5. The minimum atomic E-state index is 0.121. The molecule has 0 unspecified atom stereocenters. The van der Waals surface area contributed by atoms with Gasteiger partial charge in [-0.15, -0.1) is 0 Å². The molecule has 0 atom stereocenters. The lowest BCUT2D eigenvalue weighted by Gasteiger charge is -2.56. The van der Waals surface area contributed by atoms with E-state index in [1.54, 1.807) is 0 Å². The molecule has 0 bridgehead atoms. The van der Waals surface area contributed by atoms with Gasteiger partial charge < -0.3 is 24.3 Å². The Morgan fingerprint density at radius 3 is 1.61 bits per heavy atom. The van der Waals surface area contributed by atoms with Crippen molar-refractivity contribution in [2.75, 3.05) is 72.6 Å². The van der Waals surface area contributed by atoms with Crippen molar-refractivity contribution < 1.29 is 4.74 Å². The van der Waals surface area contributed by atoms with Crippen LogP contribution in [0.25, 0.3) is 0 Å². The topological polar surface area (TPSA) is 22.2 Å². The SMILES string of the molecule is CC(C)C1CCN(C2CC3(CCN(C(C)C)CC3)C2)CC1.CCN1CCC(CN2CCC(C(C)C)CC2)(OC)CC1. The van der Waals surface area contributed by atoms with Gasteiger partial charge in [-0.2, -0.15) is 0 Å². The maximum Gasteiger partial charge on any atom is 0.0829 e. The first-order valence-electron chi connectivity index (χ1n) is 18.1. The molecule has 5 nitrogen and oxygen atoms in total. The monoisotopic (exact) mass is 575 g/mol. The zero-order valence-electron chi connectivity index (χ0n) is 28.8. The molecule has 1 spiro atoms. The van der Waals surface area contributed by atoms with Gasteiger partial charge in [0.2, 0.25) is 0 Å². The summed E-state index contributed by atoms with van der Waals surface area (Å²) in [6.45, 7) is 29.2. The van der Waals surface area contributed by atoms with E-state index in [9.17, 15) is 0 Å². The van der Waals surface area contributed by atoms with Gasteiger partial charge >= 0.3 is 0 Å². The predicted molar refractivity (Wildman–Crippen MR) is 176 cm³/mol. The van der Waals surface area contributed by atoms with Crippen LogP contribution >= 0.6 is 0 Å². The molecule has 5 heteroatoms. The van der Waals surface area contributed by atoms with Crippen LogP contribution in [0.4, 0.5) is 0 Å². The normalized spacial score (nSPS) is 27.9. The van der Waals surface area contributed by atoms with Crippen molar-refractivity contribution in [3.05, 3.63) is 0 Å². The summed E-state index contributed by atoms with van der Waals surface area (Å²) in [6, 6.07) is 1.68. The highest BCUT2D eigenvalue weighted by Crippen LogP contribution is 2.51. The Morgan fingerprint density at radius 2 is 1.17 bits per heavy atom.